The van der Waals surface area contributed by atoms with Gasteiger partial charge in [-0.05, 0) is 76.7 Å². The summed E-state index contributed by atoms with van der Waals surface area (Å²) in [4.78, 5) is 27.7. The zero-order valence-corrected chi connectivity index (χ0v) is 33.7. The van der Waals surface area contributed by atoms with Crippen LogP contribution < -0.4 is 0 Å². The largest absolute Gasteiger partial charge is 0.466 e. The van der Waals surface area contributed by atoms with Gasteiger partial charge in [-0.25, -0.2) is 0 Å². The third-order valence-corrected chi connectivity index (χ3v) is 11.1. The number of hydrogen-bond donors (Lipinski definition) is 1. The number of esters is 2. The molecule has 0 aromatic heterocycles. The molecule has 0 spiro atoms. The highest BCUT2D eigenvalue weighted by atomic mass is 16.5. The molecule has 0 aliphatic carbocycles. The summed E-state index contributed by atoms with van der Waals surface area (Å²) in [6, 6.07) is 0.432. The maximum atomic E-state index is 12.8. The summed E-state index contributed by atoms with van der Waals surface area (Å²) >= 11 is 0. The molecule has 296 valence electrons. The maximum Gasteiger partial charge on any atom is 0.306 e. The summed E-state index contributed by atoms with van der Waals surface area (Å²) in [6.45, 7) is 9.27. The lowest BCUT2D eigenvalue weighted by Gasteiger charge is -2.28. The number of carbonyl (C=O) groups is 2. The van der Waals surface area contributed by atoms with E-state index in [1.54, 1.807) is 0 Å². The van der Waals surface area contributed by atoms with Crippen LogP contribution in [0.3, 0.4) is 0 Å². The van der Waals surface area contributed by atoms with Crippen molar-refractivity contribution in [3.8, 4) is 0 Å². The molecule has 1 N–H and O–H groups in total. The number of aliphatic hydroxyl groups excluding tert-OH is 1. The number of likely N-dealkylation sites (tertiary alicyclic amines) is 1. The minimum atomic E-state index is -0.0547. The molecule has 2 unspecified atom stereocenters. The Bertz CT molecular complexity index is 745. The Morgan fingerprint density at radius 3 is 1.66 bits per heavy atom. The van der Waals surface area contributed by atoms with Crippen LogP contribution in [0.15, 0.2) is 0 Å². The van der Waals surface area contributed by atoms with E-state index in [4.69, 9.17) is 9.47 Å². The first kappa shape index (κ1) is 46.9. The van der Waals surface area contributed by atoms with E-state index in [9.17, 15) is 14.7 Å². The minimum absolute atomic E-state index is 0.00419. The number of unbranched alkanes of at least 4 members (excludes halogenated alkanes) is 20. The van der Waals surface area contributed by atoms with E-state index >= 15 is 0 Å². The molecule has 1 saturated heterocycles. The van der Waals surface area contributed by atoms with Crippen molar-refractivity contribution in [1.29, 1.82) is 0 Å². The molecule has 0 radical (unpaired) electrons. The molecule has 1 rings (SSSR count). The first-order chi connectivity index (χ1) is 24.5. The van der Waals surface area contributed by atoms with E-state index in [2.05, 4.69) is 25.7 Å². The molecule has 1 aliphatic heterocycles. The van der Waals surface area contributed by atoms with Crippen molar-refractivity contribution in [3.05, 3.63) is 0 Å². The molecule has 0 saturated carbocycles. The van der Waals surface area contributed by atoms with Crippen LogP contribution in [0.25, 0.3) is 0 Å². The van der Waals surface area contributed by atoms with Crippen LogP contribution >= 0.6 is 0 Å². The predicted octanol–water partition coefficient (Wildman–Crippen LogP) is 12.3. The monoisotopic (exact) mass is 708 g/mol. The number of aliphatic hydroxyl groups is 1. The van der Waals surface area contributed by atoms with E-state index in [0.717, 1.165) is 77.2 Å². The van der Waals surface area contributed by atoms with Crippen molar-refractivity contribution in [3.63, 3.8) is 0 Å². The van der Waals surface area contributed by atoms with Crippen molar-refractivity contribution in [2.75, 3.05) is 26.3 Å². The highest BCUT2D eigenvalue weighted by molar-refractivity contribution is 5.69. The molecule has 50 heavy (non-hydrogen) atoms. The molecule has 1 fully saturated rings. The highest BCUT2D eigenvalue weighted by Crippen LogP contribution is 2.32. The average Bonchev–Trinajstić information content (AvgIpc) is 3.49. The Labute approximate surface area is 311 Å². The summed E-state index contributed by atoms with van der Waals surface area (Å²) in [7, 11) is 0. The lowest BCUT2D eigenvalue weighted by atomic mass is 9.90. The summed E-state index contributed by atoms with van der Waals surface area (Å²) in [5, 5.41) is 9.65. The Morgan fingerprint density at radius 2 is 1.10 bits per heavy atom. The third kappa shape index (κ3) is 26.6. The van der Waals surface area contributed by atoms with Crippen LogP contribution in [0.1, 0.15) is 226 Å². The van der Waals surface area contributed by atoms with Crippen LogP contribution in [-0.2, 0) is 19.1 Å². The Kier molecular flexibility index (Phi) is 32.7. The molecule has 0 bridgehead atoms. The van der Waals surface area contributed by atoms with Gasteiger partial charge in [0.25, 0.3) is 0 Å². The second-order valence-electron chi connectivity index (χ2n) is 15.6. The van der Waals surface area contributed by atoms with Crippen molar-refractivity contribution in [2.24, 2.45) is 5.92 Å². The van der Waals surface area contributed by atoms with Gasteiger partial charge < -0.3 is 14.6 Å². The molecule has 1 aliphatic rings. The first-order valence-corrected chi connectivity index (χ1v) is 22.3. The van der Waals surface area contributed by atoms with Gasteiger partial charge in [0.05, 0.1) is 13.2 Å². The van der Waals surface area contributed by atoms with Crippen molar-refractivity contribution in [1.82, 2.24) is 4.90 Å². The molecule has 0 aromatic rings. The molecule has 0 amide bonds. The topological polar surface area (TPSA) is 76.1 Å². The van der Waals surface area contributed by atoms with Gasteiger partial charge in [-0.3, -0.25) is 14.5 Å². The first-order valence-electron chi connectivity index (χ1n) is 22.3. The highest BCUT2D eigenvalue weighted by Gasteiger charge is 2.32. The fourth-order valence-corrected chi connectivity index (χ4v) is 7.94. The van der Waals surface area contributed by atoms with Gasteiger partial charge in [-0.1, -0.05) is 149 Å². The van der Waals surface area contributed by atoms with Gasteiger partial charge in [-0.2, -0.15) is 0 Å². The standard InChI is InChI=1S/C44H85NO5/c1-4-7-10-13-16-17-18-21-27-39-49-43(47)34-28-32-42-40(35-36-45(42)37-38-46)29-23-22-26-33-44(48)50-41(30-24-19-14-11-8-5-2)31-25-20-15-12-9-6-3/h40-42,46H,4-39H2,1-3H3. The fraction of sp³-hybridized carbons (Fsp3) is 0.955. The summed E-state index contributed by atoms with van der Waals surface area (Å²) in [6.07, 6.45) is 37.2. The van der Waals surface area contributed by atoms with Crippen LogP contribution in [0.4, 0.5) is 0 Å². The quantitative estimate of drug-likeness (QED) is 0.0512. The summed E-state index contributed by atoms with van der Waals surface area (Å²) < 4.78 is 11.6. The van der Waals surface area contributed by atoms with Gasteiger partial charge in [0.2, 0.25) is 0 Å². The van der Waals surface area contributed by atoms with Gasteiger partial charge in [0.1, 0.15) is 6.10 Å². The van der Waals surface area contributed by atoms with Crippen molar-refractivity contribution < 1.29 is 24.2 Å². The number of nitrogens with zero attached hydrogens (tertiary/aromatic N) is 1. The minimum Gasteiger partial charge on any atom is -0.466 e. The smallest absolute Gasteiger partial charge is 0.306 e. The molecule has 6 nitrogen and oxygen atoms in total. The number of carbonyl (C=O) groups excluding carboxylic acids is 2. The third-order valence-electron chi connectivity index (χ3n) is 11.1. The molecule has 0 aromatic carbocycles. The average molecular weight is 708 g/mol. The van der Waals surface area contributed by atoms with E-state index in [1.165, 1.54) is 122 Å². The van der Waals surface area contributed by atoms with E-state index in [1.807, 2.05) is 0 Å². The summed E-state index contributed by atoms with van der Waals surface area (Å²) in [5.41, 5.74) is 0. The van der Waals surface area contributed by atoms with Crippen molar-refractivity contribution in [2.45, 2.75) is 238 Å². The molecule has 2 atom stereocenters. The second kappa shape index (κ2) is 34.9. The van der Waals surface area contributed by atoms with Gasteiger partial charge in [0, 0.05) is 25.4 Å². The van der Waals surface area contributed by atoms with Gasteiger partial charge >= 0.3 is 11.9 Å². The van der Waals surface area contributed by atoms with E-state index < -0.39 is 0 Å². The van der Waals surface area contributed by atoms with Crippen LogP contribution in [0.5, 0.6) is 0 Å². The van der Waals surface area contributed by atoms with Crippen LogP contribution in [0, 0.1) is 5.92 Å². The van der Waals surface area contributed by atoms with E-state index in [0.29, 0.717) is 38.0 Å². The zero-order valence-electron chi connectivity index (χ0n) is 33.7. The molecular formula is C44H85NO5. The Hall–Kier alpha value is -1.14. The number of rotatable bonds is 37. The lowest BCUT2D eigenvalue weighted by molar-refractivity contribution is -0.150. The van der Waals surface area contributed by atoms with Gasteiger partial charge in [0.15, 0.2) is 0 Å². The Morgan fingerprint density at radius 1 is 0.600 bits per heavy atom. The molecule has 1 heterocycles. The molecular weight excluding hydrogens is 622 g/mol. The van der Waals surface area contributed by atoms with Crippen LogP contribution in [0.2, 0.25) is 0 Å². The molecule has 6 heteroatoms. The SMILES string of the molecule is CCCCCCCCCCCOC(=O)CCCC1C(CCCCCC(=O)OC(CCCCCCCC)CCCCCCCC)CCN1CCO. The van der Waals surface area contributed by atoms with Crippen molar-refractivity contribution >= 4 is 11.9 Å². The zero-order chi connectivity index (χ0) is 36.3. The van der Waals surface area contributed by atoms with Crippen LogP contribution in [-0.4, -0.2) is 60.4 Å². The lowest BCUT2D eigenvalue weighted by Crippen LogP contribution is -2.35. The fourth-order valence-electron chi connectivity index (χ4n) is 7.94. The number of β-amino-alcohol motifs (C(OH)–C–C–N with tert-alkyl or cyclic N) is 1. The summed E-state index contributed by atoms with van der Waals surface area (Å²) in [5.74, 6) is 0.552. The Balaban J connectivity index is 2.30. The predicted molar refractivity (Wildman–Crippen MR) is 212 cm³/mol. The number of ether oxygens (including phenoxy) is 2. The second-order valence-corrected chi connectivity index (χ2v) is 15.6. The van der Waals surface area contributed by atoms with Gasteiger partial charge in [-0.15, -0.1) is 0 Å². The maximum absolute atomic E-state index is 12.8. The normalized spacial score (nSPS) is 16.4. The number of hydrogen-bond acceptors (Lipinski definition) is 6. The van der Waals surface area contributed by atoms with E-state index in [-0.39, 0.29) is 24.6 Å².